The summed E-state index contributed by atoms with van der Waals surface area (Å²) < 4.78 is 0. The average Bonchev–Trinajstić information content (AvgIpc) is 2.82. The summed E-state index contributed by atoms with van der Waals surface area (Å²) in [5.41, 5.74) is 0. The van der Waals surface area contributed by atoms with Crippen molar-refractivity contribution in [2.45, 2.75) is 38.8 Å². The number of nitrogens with zero attached hydrogens (tertiary/aromatic N) is 3. The number of H-pyrrole nitrogens is 1. The summed E-state index contributed by atoms with van der Waals surface area (Å²) in [5, 5.41) is 19.6. The second kappa shape index (κ2) is 5.22. The minimum Gasteiger partial charge on any atom is -0.345 e. The molecule has 7 nitrogen and oxygen atoms in total. The average molecular weight is 238 g/mol. The first kappa shape index (κ1) is 12.0. The van der Waals surface area contributed by atoms with Crippen LogP contribution in [0.25, 0.3) is 0 Å². The van der Waals surface area contributed by atoms with E-state index in [1.165, 1.54) is 0 Å². The molecule has 1 aromatic heterocycles. The molecule has 2 heterocycles. The molecule has 2 rings (SSSR count). The normalized spacial score (nSPS) is 26.5. The molecule has 1 aliphatic heterocycles. The number of carbonyl (C=O) groups is 1. The van der Waals surface area contributed by atoms with Crippen molar-refractivity contribution in [2.75, 3.05) is 6.54 Å². The standard InChI is InChI=1S/C10H18N6O/c1-6-3-4-11-8(5-6)10(17)12-7(2)9-13-15-16-14-9/h6-8,11H,3-5H2,1-2H3,(H,12,17)(H,13,14,15,16). The maximum Gasteiger partial charge on any atom is 0.237 e. The van der Waals surface area contributed by atoms with Crippen molar-refractivity contribution in [3.05, 3.63) is 5.82 Å². The molecule has 1 saturated heterocycles. The van der Waals surface area contributed by atoms with E-state index in [9.17, 15) is 4.79 Å². The van der Waals surface area contributed by atoms with Gasteiger partial charge in [0.25, 0.3) is 0 Å². The van der Waals surface area contributed by atoms with E-state index < -0.39 is 0 Å². The minimum atomic E-state index is -0.222. The Bertz CT molecular complexity index is 365. The fourth-order valence-electron chi connectivity index (χ4n) is 2.04. The third-order valence-corrected chi connectivity index (χ3v) is 3.09. The summed E-state index contributed by atoms with van der Waals surface area (Å²) >= 11 is 0. The van der Waals surface area contributed by atoms with Gasteiger partial charge in [0.1, 0.15) is 0 Å². The zero-order valence-corrected chi connectivity index (χ0v) is 10.1. The van der Waals surface area contributed by atoms with E-state index in [1.54, 1.807) is 0 Å². The van der Waals surface area contributed by atoms with Crippen molar-refractivity contribution < 1.29 is 4.79 Å². The minimum absolute atomic E-state index is 0.00819. The lowest BCUT2D eigenvalue weighted by Gasteiger charge is -2.27. The quantitative estimate of drug-likeness (QED) is 0.675. The fourth-order valence-corrected chi connectivity index (χ4v) is 2.04. The molecule has 1 amide bonds. The van der Waals surface area contributed by atoms with E-state index in [4.69, 9.17) is 0 Å². The molecule has 3 N–H and O–H groups in total. The topological polar surface area (TPSA) is 95.6 Å². The Morgan fingerprint density at radius 2 is 2.41 bits per heavy atom. The van der Waals surface area contributed by atoms with Crippen molar-refractivity contribution in [2.24, 2.45) is 5.92 Å². The molecule has 0 aliphatic carbocycles. The molecule has 94 valence electrons. The summed E-state index contributed by atoms with van der Waals surface area (Å²) in [7, 11) is 0. The van der Waals surface area contributed by atoms with Crippen LogP contribution >= 0.6 is 0 Å². The maximum absolute atomic E-state index is 12.0. The van der Waals surface area contributed by atoms with Crippen LogP contribution in [0.3, 0.4) is 0 Å². The monoisotopic (exact) mass is 238 g/mol. The van der Waals surface area contributed by atoms with E-state index in [2.05, 4.69) is 38.2 Å². The maximum atomic E-state index is 12.0. The molecule has 1 aliphatic rings. The van der Waals surface area contributed by atoms with Crippen LogP contribution < -0.4 is 10.6 Å². The molecule has 3 atom stereocenters. The van der Waals surface area contributed by atoms with E-state index in [0.29, 0.717) is 11.7 Å². The second-order valence-electron chi connectivity index (χ2n) is 4.64. The van der Waals surface area contributed by atoms with Crippen LogP contribution in [0.4, 0.5) is 0 Å². The highest BCUT2D eigenvalue weighted by Crippen LogP contribution is 2.15. The first-order valence-electron chi connectivity index (χ1n) is 5.94. The third-order valence-electron chi connectivity index (χ3n) is 3.09. The van der Waals surface area contributed by atoms with Crippen LogP contribution in [0.1, 0.15) is 38.6 Å². The number of aromatic amines is 1. The highest BCUT2D eigenvalue weighted by atomic mass is 16.2. The van der Waals surface area contributed by atoms with Crippen LogP contribution in [0.15, 0.2) is 0 Å². The zero-order chi connectivity index (χ0) is 12.3. The molecule has 0 bridgehead atoms. The molecule has 1 fully saturated rings. The largest absolute Gasteiger partial charge is 0.345 e. The van der Waals surface area contributed by atoms with Gasteiger partial charge in [-0.15, -0.1) is 10.2 Å². The van der Waals surface area contributed by atoms with Gasteiger partial charge >= 0.3 is 0 Å². The Balaban J connectivity index is 1.88. The first-order chi connectivity index (χ1) is 8.16. The van der Waals surface area contributed by atoms with Crippen LogP contribution in [0.5, 0.6) is 0 Å². The number of hydrogen-bond donors (Lipinski definition) is 3. The Morgan fingerprint density at radius 3 is 3.06 bits per heavy atom. The van der Waals surface area contributed by atoms with Crippen molar-refractivity contribution in [1.29, 1.82) is 0 Å². The fraction of sp³-hybridized carbons (Fsp3) is 0.800. The number of tetrazole rings is 1. The van der Waals surface area contributed by atoms with Gasteiger partial charge in [-0.25, -0.2) is 0 Å². The molecule has 7 heteroatoms. The predicted octanol–water partition coefficient (Wildman–Crippen LogP) is -0.235. The van der Waals surface area contributed by atoms with Gasteiger partial charge in [0, 0.05) is 0 Å². The summed E-state index contributed by atoms with van der Waals surface area (Å²) in [4.78, 5) is 12.0. The van der Waals surface area contributed by atoms with Crippen LogP contribution in [-0.4, -0.2) is 39.1 Å². The molecular weight excluding hydrogens is 220 g/mol. The van der Waals surface area contributed by atoms with Gasteiger partial charge in [-0.2, -0.15) is 5.21 Å². The van der Waals surface area contributed by atoms with Crippen molar-refractivity contribution in [3.63, 3.8) is 0 Å². The third kappa shape index (κ3) is 3.00. The Hall–Kier alpha value is -1.50. The van der Waals surface area contributed by atoms with E-state index in [0.717, 1.165) is 19.4 Å². The molecular formula is C10H18N6O. The Labute approximate surface area is 99.7 Å². The molecule has 3 unspecified atom stereocenters. The summed E-state index contributed by atoms with van der Waals surface area (Å²) in [6.45, 7) is 4.91. The van der Waals surface area contributed by atoms with Gasteiger partial charge < -0.3 is 10.6 Å². The lowest BCUT2D eigenvalue weighted by molar-refractivity contribution is -0.124. The van der Waals surface area contributed by atoms with Crippen molar-refractivity contribution in [3.8, 4) is 0 Å². The van der Waals surface area contributed by atoms with Crippen LogP contribution in [-0.2, 0) is 4.79 Å². The van der Waals surface area contributed by atoms with Crippen LogP contribution in [0, 0.1) is 5.92 Å². The van der Waals surface area contributed by atoms with Gasteiger partial charge in [-0.05, 0) is 32.2 Å². The van der Waals surface area contributed by atoms with Gasteiger partial charge in [0.05, 0.1) is 12.1 Å². The number of rotatable bonds is 3. The zero-order valence-electron chi connectivity index (χ0n) is 10.1. The van der Waals surface area contributed by atoms with Gasteiger partial charge in [-0.1, -0.05) is 12.1 Å². The van der Waals surface area contributed by atoms with Crippen molar-refractivity contribution >= 4 is 5.91 Å². The Kier molecular flexibility index (Phi) is 3.68. The number of nitrogens with one attached hydrogen (secondary N) is 3. The van der Waals surface area contributed by atoms with Gasteiger partial charge in [0.15, 0.2) is 5.82 Å². The van der Waals surface area contributed by atoms with E-state index >= 15 is 0 Å². The van der Waals surface area contributed by atoms with E-state index in [1.807, 2.05) is 6.92 Å². The molecule has 1 aromatic rings. The second-order valence-corrected chi connectivity index (χ2v) is 4.64. The lowest BCUT2D eigenvalue weighted by Crippen LogP contribution is -2.49. The first-order valence-corrected chi connectivity index (χ1v) is 5.94. The summed E-state index contributed by atoms with van der Waals surface area (Å²) in [6, 6.07) is -0.326. The number of carbonyl (C=O) groups excluding carboxylic acids is 1. The molecule has 0 saturated carbocycles. The lowest BCUT2D eigenvalue weighted by atomic mass is 9.94. The van der Waals surface area contributed by atoms with Gasteiger partial charge in [0.2, 0.25) is 5.91 Å². The predicted molar refractivity (Wildman–Crippen MR) is 60.9 cm³/mol. The molecule has 0 spiro atoms. The number of hydrogen-bond acceptors (Lipinski definition) is 5. The number of amides is 1. The number of aromatic nitrogens is 4. The van der Waals surface area contributed by atoms with Crippen LogP contribution in [0.2, 0.25) is 0 Å². The molecule has 17 heavy (non-hydrogen) atoms. The Morgan fingerprint density at radius 1 is 1.59 bits per heavy atom. The van der Waals surface area contributed by atoms with Gasteiger partial charge in [-0.3, -0.25) is 4.79 Å². The number of piperidine rings is 1. The summed E-state index contributed by atoms with van der Waals surface area (Å²) in [5.74, 6) is 1.10. The summed E-state index contributed by atoms with van der Waals surface area (Å²) in [6.07, 6.45) is 2.01. The molecule has 0 radical (unpaired) electrons. The smallest absolute Gasteiger partial charge is 0.237 e. The highest BCUT2D eigenvalue weighted by molar-refractivity contribution is 5.82. The highest BCUT2D eigenvalue weighted by Gasteiger charge is 2.26. The SMILES string of the molecule is CC1CCNC(C(=O)NC(C)c2nn[nH]n2)C1. The van der Waals surface area contributed by atoms with Crippen molar-refractivity contribution in [1.82, 2.24) is 31.3 Å². The van der Waals surface area contributed by atoms with E-state index in [-0.39, 0.29) is 18.0 Å². The molecule has 0 aromatic carbocycles.